The second-order valence-corrected chi connectivity index (χ2v) is 10.5. The number of hydrogen-bond donors (Lipinski definition) is 3. The van der Waals surface area contributed by atoms with Gasteiger partial charge in [0.2, 0.25) is 5.91 Å². The van der Waals surface area contributed by atoms with Gasteiger partial charge in [-0.15, -0.1) is 0 Å². The lowest BCUT2D eigenvalue weighted by Gasteiger charge is -2.19. The van der Waals surface area contributed by atoms with Crippen molar-refractivity contribution in [3.05, 3.63) is 85.1 Å². The van der Waals surface area contributed by atoms with E-state index in [0.29, 0.717) is 6.42 Å². The van der Waals surface area contributed by atoms with Crippen molar-refractivity contribution in [2.75, 3.05) is 6.61 Å². The number of aliphatic hydroxyl groups excluding tert-OH is 2. The molecule has 0 heterocycles. The number of hydrogen-bond acceptors (Lipinski definition) is 3. The molecule has 0 radical (unpaired) electrons. The SMILES string of the molecule is CC/C=C\C/C=C\C/C=C\C/C=C\CCCCC(=O)NC(CO)C(O)/C=C/CC/C=C/CC/C=C/CCCCCC. The van der Waals surface area contributed by atoms with Crippen molar-refractivity contribution in [1.82, 2.24) is 5.32 Å². The molecule has 232 valence electrons. The molecule has 41 heavy (non-hydrogen) atoms. The number of nitrogens with one attached hydrogen (secondary N) is 1. The molecule has 3 N–H and O–H groups in total. The molecule has 0 saturated heterocycles. The summed E-state index contributed by atoms with van der Waals surface area (Å²) in [6, 6.07) is -0.669. The van der Waals surface area contributed by atoms with Crippen LogP contribution in [0, 0.1) is 0 Å². The highest BCUT2D eigenvalue weighted by molar-refractivity contribution is 5.76. The van der Waals surface area contributed by atoms with Crippen LogP contribution in [-0.2, 0) is 4.79 Å². The van der Waals surface area contributed by atoms with E-state index in [-0.39, 0.29) is 12.5 Å². The minimum absolute atomic E-state index is 0.125. The van der Waals surface area contributed by atoms with Gasteiger partial charge in [0.1, 0.15) is 0 Å². The number of amides is 1. The highest BCUT2D eigenvalue weighted by Gasteiger charge is 2.17. The van der Waals surface area contributed by atoms with Crippen LogP contribution in [0.2, 0.25) is 0 Å². The Kier molecular flexibility index (Phi) is 30.2. The molecule has 0 aromatic heterocycles. The molecule has 0 aromatic carbocycles. The minimum Gasteiger partial charge on any atom is -0.394 e. The van der Waals surface area contributed by atoms with Crippen LogP contribution in [0.25, 0.3) is 0 Å². The van der Waals surface area contributed by atoms with Crippen LogP contribution in [-0.4, -0.2) is 34.9 Å². The van der Waals surface area contributed by atoms with Crippen LogP contribution < -0.4 is 5.32 Å². The first kappa shape index (κ1) is 38.6. The molecule has 4 heteroatoms. The summed E-state index contributed by atoms with van der Waals surface area (Å²) in [5.41, 5.74) is 0. The zero-order valence-electron chi connectivity index (χ0n) is 26.3. The smallest absolute Gasteiger partial charge is 0.220 e. The van der Waals surface area contributed by atoms with Crippen molar-refractivity contribution in [2.24, 2.45) is 0 Å². The maximum atomic E-state index is 12.2. The maximum Gasteiger partial charge on any atom is 0.220 e. The van der Waals surface area contributed by atoms with E-state index in [0.717, 1.165) is 70.6 Å². The van der Waals surface area contributed by atoms with Gasteiger partial charge in [-0.1, -0.05) is 118 Å². The van der Waals surface area contributed by atoms with Gasteiger partial charge in [0.25, 0.3) is 0 Å². The Morgan fingerprint density at radius 1 is 0.610 bits per heavy atom. The number of carbonyl (C=O) groups is 1. The highest BCUT2D eigenvalue weighted by Crippen LogP contribution is 2.06. The van der Waals surface area contributed by atoms with Crippen LogP contribution in [0.1, 0.15) is 123 Å². The van der Waals surface area contributed by atoms with Crippen molar-refractivity contribution < 1.29 is 15.0 Å². The third-order valence-corrected chi connectivity index (χ3v) is 6.59. The molecule has 0 saturated carbocycles. The Balaban J connectivity index is 3.88. The highest BCUT2D eigenvalue weighted by atomic mass is 16.3. The predicted molar refractivity (Wildman–Crippen MR) is 179 cm³/mol. The van der Waals surface area contributed by atoms with Gasteiger partial charge in [0.15, 0.2) is 0 Å². The van der Waals surface area contributed by atoms with Crippen LogP contribution in [0.15, 0.2) is 85.1 Å². The number of carbonyl (C=O) groups excluding carboxylic acids is 1. The Hall–Kier alpha value is -2.43. The standard InChI is InChI=1S/C37H61NO3/c1-3-5-7-9-11-13-15-17-19-21-23-25-27-29-31-33-37(41)38-35(34-39)36(40)32-30-28-26-24-22-20-18-16-14-12-10-8-6-4-2/h5,7,11,13-14,16-17,19,22-25,30,32,35-36,39-40H,3-4,6,8-10,12,15,18,20-21,26-29,31,33-34H2,1-2H3,(H,38,41)/b7-5-,13-11-,16-14+,19-17-,24-22+,25-23-,32-30+. The van der Waals surface area contributed by atoms with Gasteiger partial charge in [0.05, 0.1) is 18.8 Å². The average molecular weight is 568 g/mol. The number of aliphatic hydroxyl groups is 2. The molecule has 0 rings (SSSR count). The molecule has 0 aliphatic carbocycles. The van der Waals surface area contributed by atoms with Gasteiger partial charge in [-0.3, -0.25) is 4.79 Å². The predicted octanol–water partition coefficient (Wildman–Crippen LogP) is 9.39. The normalized spacial score (nSPS) is 14.3. The molecule has 2 atom stereocenters. The van der Waals surface area contributed by atoms with Crippen molar-refractivity contribution in [2.45, 2.75) is 135 Å². The second-order valence-electron chi connectivity index (χ2n) is 10.5. The zero-order valence-corrected chi connectivity index (χ0v) is 26.3. The summed E-state index contributed by atoms with van der Waals surface area (Å²) in [5, 5.41) is 22.7. The Labute approximate surface area is 252 Å². The summed E-state index contributed by atoms with van der Waals surface area (Å²) in [6.07, 6.45) is 46.6. The number of unbranched alkanes of at least 4 members (excludes halogenated alkanes) is 8. The molecule has 1 amide bonds. The lowest BCUT2D eigenvalue weighted by atomic mass is 10.1. The molecule has 0 aromatic rings. The number of rotatable bonds is 27. The van der Waals surface area contributed by atoms with Crippen LogP contribution in [0.4, 0.5) is 0 Å². The quantitative estimate of drug-likeness (QED) is 0.0684. The molecule has 0 aliphatic rings. The van der Waals surface area contributed by atoms with E-state index in [4.69, 9.17) is 0 Å². The summed E-state index contributed by atoms with van der Waals surface area (Å²) in [7, 11) is 0. The van der Waals surface area contributed by atoms with E-state index in [1.54, 1.807) is 6.08 Å². The van der Waals surface area contributed by atoms with Gasteiger partial charge in [-0.2, -0.15) is 0 Å². The average Bonchev–Trinajstić information content (AvgIpc) is 2.97. The zero-order chi connectivity index (χ0) is 30.1. The van der Waals surface area contributed by atoms with E-state index in [2.05, 4.69) is 92.1 Å². The fraction of sp³-hybridized carbons (Fsp3) is 0.595. The van der Waals surface area contributed by atoms with E-state index >= 15 is 0 Å². The van der Waals surface area contributed by atoms with E-state index in [1.807, 2.05) is 6.08 Å². The fourth-order valence-corrected chi connectivity index (χ4v) is 4.08. The first-order valence-electron chi connectivity index (χ1n) is 16.3. The molecule has 0 spiro atoms. The van der Waals surface area contributed by atoms with E-state index < -0.39 is 12.1 Å². The van der Waals surface area contributed by atoms with Crippen molar-refractivity contribution in [1.29, 1.82) is 0 Å². The summed E-state index contributed by atoms with van der Waals surface area (Å²) < 4.78 is 0. The van der Waals surface area contributed by atoms with Crippen molar-refractivity contribution in [3.8, 4) is 0 Å². The molecular weight excluding hydrogens is 506 g/mol. The van der Waals surface area contributed by atoms with Crippen LogP contribution in [0.3, 0.4) is 0 Å². The maximum absolute atomic E-state index is 12.2. The first-order chi connectivity index (χ1) is 20.2. The lowest BCUT2D eigenvalue weighted by molar-refractivity contribution is -0.123. The molecule has 0 bridgehead atoms. The van der Waals surface area contributed by atoms with Gasteiger partial charge >= 0.3 is 0 Å². The topological polar surface area (TPSA) is 69.6 Å². The summed E-state index contributed by atoms with van der Waals surface area (Å²) >= 11 is 0. The second kappa shape index (κ2) is 32.1. The summed E-state index contributed by atoms with van der Waals surface area (Å²) in [5.74, 6) is -0.125. The Bertz CT molecular complexity index is 788. The minimum atomic E-state index is -0.889. The first-order valence-corrected chi connectivity index (χ1v) is 16.3. The molecule has 4 nitrogen and oxygen atoms in total. The lowest BCUT2D eigenvalue weighted by Crippen LogP contribution is -2.45. The molecule has 2 unspecified atom stereocenters. The van der Waals surface area contributed by atoms with E-state index in [9.17, 15) is 15.0 Å². The van der Waals surface area contributed by atoms with Gasteiger partial charge in [0, 0.05) is 6.42 Å². The van der Waals surface area contributed by atoms with Crippen LogP contribution in [0.5, 0.6) is 0 Å². The largest absolute Gasteiger partial charge is 0.394 e. The fourth-order valence-electron chi connectivity index (χ4n) is 4.08. The van der Waals surface area contributed by atoms with Gasteiger partial charge in [-0.25, -0.2) is 0 Å². The molecular formula is C37H61NO3. The molecule has 0 aliphatic heterocycles. The third-order valence-electron chi connectivity index (χ3n) is 6.59. The van der Waals surface area contributed by atoms with Gasteiger partial charge < -0.3 is 15.5 Å². The Morgan fingerprint density at radius 3 is 1.66 bits per heavy atom. The van der Waals surface area contributed by atoms with Crippen LogP contribution >= 0.6 is 0 Å². The third kappa shape index (κ3) is 28.9. The Morgan fingerprint density at radius 2 is 1.10 bits per heavy atom. The monoisotopic (exact) mass is 567 g/mol. The summed E-state index contributed by atoms with van der Waals surface area (Å²) in [6.45, 7) is 4.10. The molecule has 0 fully saturated rings. The summed E-state index contributed by atoms with van der Waals surface area (Å²) in [4.78, 5) is 12.2. The number of allylic oxidation sites excluding steroid dienone is 13. The van der Waals surface area contributed by atoms with Gasteiger partial charge in [-0.05, 0) is 83.5 Å². The van der Waals surface area contributed by atoms with Crippen molar-refractivity contribution >= 4 is 5.91 Å². The van der Waals surface area contributed by atoms with Crippen molar-refractivity contribution in [3.63, 3.8) is 0 Å². The van der Waals surface area contributed by atoms with E-state index in [1.165, 1.54) is 32.1 Å².